The summed E-state index contributed by atoms with van der Waals surface area (Å²) in [5.41, 5.74) is 4.33. The molecular formula is C25H28N4O2. The van der Waals surface area contributed by atoms with E-state index in [1.165, 1.54) is 6.42 Å². The Morgan fingerprint density at radius 3 is 2.71 bits per heavy atom. The molecule has 3 atom stereocenters. The molecule has 31 heavy (non-hydrogen) atoms. The van der Waals surface area contributed by atoms with Crippen molar-refractivity contribution in [1.29, 1.82) is 0 Å². The number of methoxy groups -OCH3 is 1. The van der Waals surface area contributed by atoms with Crippen molar-refractivity contribution in [3.8, 4) is 11.1 Å². The van der Waals surface area contributed by atoms with Gasteiger partial charge in [0.25, 0.3) is 5.56 Å². The molecule has 6 nitrogen and oxygen atoms in total. The molecule has 0 spiro atoms. The minimum Gasteiger partial charge on any atom is -0.378 e. The summed E-state index contributed by atoms with van der Waals surface area (Å²) in [4.78, 5) is 18.2. The van der Waals surface area contributed by atoms with E-state index in [9.17, 15) is 4.79 Å². The lowest BCUT2D eigenvalue weighted by molar-refractivity contribution is 0.181. The number of nitrogens with zero attached hydrogens (tertiary/aromatic N) is 4. The minimum absolute atomic E-state index is 0.0166. The first-order valence-electron chi connectivity index (χ1n) is 11.1. The number of hydrogen-bond acceptors (Lipinski definition) is 4. The van der Waals surface area contributed by atoms with Crippen molar-refractivity contribution in [2.45, 2.75) is 45.8 Å². The van der Waals surface area contributed by atoms with Crippen LogP contribution in [0.4, 0.5) is 0 Å². The summed E-state index contributed by atoms with van der Waals surface area (Å²) in [5, 5.41) is 5.40. The Morgan fingerprint density at radius 2 is 1.94 bits per heavy atom. The third kappa shape index (κ3) is 3.26. The second-order valence-electron chi connectivity index (χ2n) is 8.78. The number of hydrogen-bond donors (Lipinski definition) is 0. The highest BCUT2D eigenvalue weighted by atomic mass is 16.5. The Hall–Kier alpha value is -2.99. The molecule has 3 heterocycles. The van der Waals surface area contributed by atoms with E-state index in [4.69, 9.17) is 14.8 Å². The predicted octanol–water partition coefficient (Wildman–Crippen LogP) is 4.85. The largest absolute Gasteiger partial charge is 0.378 e. The van der Waals surface area contributed by atoms with Crippen molar-refractivity contribution in [2.75, 3.05) is 7.11 Å². The number of fused-ring (bicyclic) bond motifs is 3. The summed E-state index contributed by atoms with van der Waals surface area (Å²) >= 11 is 0. The first-order valence-corrected chi connectivity index (χ1v) is 11.1. The van der Waals surface area contributed by atoms with E-state index in [2.05, 4.69) is 13.8 Å². The maximum atomic E-state index is 13.5. The predicted molar refractivity (Wildman–Crippen MR) is 122 cm³/mol. The fourth-order valence-electron chi connectivity index (χ4n) is 5.07. The molecule has 0 saturated heterocycles. The number of aromatic nitrogens is 4. The molecule has 1 aromatic carbocycles. The Balaban J connectivity index is 1.71. The second kappa shape index (κ2) is 7.93. The molecule has 1 fully saturated rings. The molecule has 160 valence electrons. The van der Waals surface area contributed by atoms with Gasteiger partial charge in [-0.15, -0.1) is 0 Å². The quantitative estimate of drug-likeness (QED) is 0.477. The molecular weight excluding hydrogens is 388 g/mol. The van der Waals surface area contributed by atoms with Crippen molar-refractivity contribution in [3.63, 3.8) is 0 Å². The van der Waals surface area contributed by atoms with Crippen LogP contribution in [0.5, 0.6) is 0 Å². The number of ether oxygens (including phenoxy) is 1. The van der Waals surface area contributed by atoms with E-state index in [1.54, 1.807) is 17.8 Å². The molecule has 0 bridgehead atoms. The SMILES string of the molecule is COCc1nn2c(ncc3c(=O)n([C@@H]4CCC[C@@H](C)[C@@H]4C)ccc32)c1-c1ccccc1. The van der Waals surface area contributed by atoms with Crippen LogP contribution in [0.2, 0.25) is 0 Å². The van der Waals surface area contributed by atoms with E-state index in [1.807, 2.05) is 47.2 Å². The van der Waals surface area contributed by atoms with Gasteiger partial charge >= 0.3 is 0 Å². The fraction of sp³-hybridized carbons (Fsp3) is 0.400. The third-order valence-electron chi connectivity index (χ3n) is 6.98. The smallest absolute Gasteiger partial charge is 0.261 e. The average molecular weight is 417 g/mol. The maximum Gasteiger partial charge on any atom is 0.261 e. The lowest BCUT2D eigenvalue weighted by Gasteiger charge is -2.35. The molecule has 1 aliphatic carbocycles. The monoisotopic (exact) mass is 416 g/mol. The van der Waals surface area contributed by atoms with Gasteiger partial charge < -0.3 is 9.30 Å². The van der Waals surface area contributed by atoms with Gasteiger partial charge in [-0.05, 0) is 29.9 Å². The van der Waals surface area contributed by atoms with E-state index in [-0.39, 0.29) is 11.6 Å². The summed E-state index contributed by atoms with van der Waals surface area (Å²) in [6.07, 6.45) is 7.11. The van der Waals surface area contributed by atoms with Crippen molar-refractivity contribution in [2.24, 2.45) is 11.8 Å². The van der Waals surface area contributed by atoms with Crippen molar-refractivity contribution < 1.29 is 4.74 Å². The Kier molecular flexibility index (Phi) is 5.10. The van der Waals surface area contributed by atoms with Crippen LogP contribution in [0.15, 0.2) is 53.6 Å². The standard InChI is InChI=1S/C25H28N4O2/c1-16-8-7-11-21(17(16)2)28-13-12-22-19(25(28)30)14-26-24-23(18-9-5-4-6-10-18)20(15-31-3)27-29(22)24/h4-6,9-10,12-14,16-17,21H,7-8,11,15H2,1-3H3/t16-,17+,21-/m1/s1. The van der Waals surface area contributed by atoms with Gasteiger partial charge in [-0.25, -0.2) is 9.50 Å². The Morgan fingerprint density at radius 1 is 1.13 bits per heavy atom. The van der Waals surface area contributed by atoms with Crippen LogP contribution in [0.3, 0.4) is 0 Å². The molecule has 0 N–H and O–H groups in total. The lowest BCUT2D eigenvalue weighted by atomic mass is 9.78. The van der Waals surface area contributed by atoms with Crippen LogP contribution in [0.1, 0.15) is 44.8 Å². The van der Waals surface area contributed by atoms with Crippen molar-refractivity contribution in [3.05, 3.63) is 64.8 Å². The van der Waals surface area contributed by atoms with Gasteiger partial charge in [-0.1, -0.05) is 57.0 Å². The van der Waals surface area contributed by atoms with E-state index in [0.29, 0.717) is 23.8 Å². The molecule has 4 aromatic rings. The van der Waals surface area contributed by atoms with Gasteiger partial charge in [-0.3, -0.25) is 4.79 Å². The fourth-order valence-corrected chi connectivity index (χ4v) is 5.07. The maximum absolute atomic E-state index is 13.5. The number of pyridine rings is 1. The van der Waals surface area contributed by atoms with Gasteiger partial charge in [0.2, 0.25) is 0 Å². The zero-order valence-electron chi connectivity index (χ0n) is 18.3. The number of benzene rings is 1. The van der Waals surface area contributed by atoms with Crippen LogP contribution < -0.4 is 5.56 Å². The van der Waals surface area contributed by atoms with Gasteiger partial charge in [0.1, 0.15) is 0 Å². The highest BCUT2D eigenvalue weighted by molar-refractivity contribution is 5.86. The molecule has 0 radical (unpaired) electrons. The normalized spacial score (nSPS) is 21.7. The van der Waals surface area contributed by atoms with Crippen LogP contribution in [0.25, 0.3) is 27.7 Å². The molecule has 6 heteroatoms. The Labute approximate surface area is 181 Å². The van der Waals surface area contributed by atoms with E-state index >= 15 is 0 Å². The molecule has 0 amide bonds. The number of rotatable bonds is 4. The van der Waals surface area contributed by atoms with Crippen LogP contribution in [-0.4, -0.2) is 26.3 Å². The van der Waals surface area contributed by atoms with Crippen LogP contribution in [0, 0.1) is 11.8 Å². The summed E-state index contributed by atoms with van der Waals surface area (Å²) in [6, 6.07) is 12.3. The van der Waals surface area contributed by atoms with Gasteiger partial charge in [0.15, 0.2) is 5.65 Å². The third-order valence-corrected chi connectivity index (χ3v) is 6.98. The first kappa shape index (κ1) is 19.9. The molecule has 5 rings (SSSR count). The molecule has 0 unspecified atom stereocenters. The van der Waals surface area contributed by atoms with E-state index in [0.717, 1.165) is 40.8 Å². The topological polar surface area (TPSA) is 61.4 Å². The van der Waals surface area contributed by atoms with Crippen LogP contribution >= 0.6 is 0 Å². The molecule has 3 aromatic heterocycles. The van der Waals surface area contributed by atoms with Crippen molar-refractivity contribution in [1.82, 2.24) is 19.2 Å². The molecule has 0 aliphatic heterocycles. The molecule has 1 aliphatic rings. The Bertz CT molecular complexity index is 1290. The summed E-state index contributed by atoms with van der Waals surface area (Å²) < 4.78 is 9.13. The second-order valence-corrected chi connectivity index (χ2v) is 8.78. The highest BCUT2D eigenvalue weighted by Crippen LogP contribution is 2.37. The van der Waals surface area contributed by atoms with Gasteiger partial charge in [0.05, 0.1) is 28.8 Å². The van der Waals surface area contributed by atoms with E-state index < -0.39 is 0 Å². The van der Waals surface area contributed by atoms with Crippen LogP contribution in [-0.2, 0) is 11.3 Å². The minimum atomic E-state index is 0.0166. The zero-order valence-corrected chi connectivity index (χ0v) is 18.3. The summed E-state index contributed by atoms with van der Waals surface area (Å²) in [7, 11) is 1.66. The highest BCUT2D eigenvalue weighted by Gasteiger charge is 2.29. The summed E-state index contributed by atoms with van der Waals surface area (Å²) in [6.45, 7) is 4.94. The molecule has 1 saturated carbocycles. The van der Waals surface area contributed by atoms with Crippen molar-refractivity contribution >= 4 is 16.6 Å². The summed E-state index contributed by atoms with van der Waals surface area (Å²) in [5.74, 6) is 1.10. The average Bonchev–Trinajstić information content (AvgIpc) is 3.15. The van der Waals surface area contributed by atoms with Gasteiger partial charge in [-0.2, -0.15) is 5.10 Å². The zero-order chi connectivity index (χ0) is 21.5. The first-order chi connectivity index (χ1) is 15.1. The van der Waals surface area contributed by atoms with Gasteiger partial charge in [0, 0.05) is 25.5 Å². The lowest BCUT2D eigenvalue weighted by Crippen LogP contribution is -2.33.